The normalized spacial score (nSPS) is 10.3. The van der Waals surface area contributed by atoms with Crippen LogP contribution >= 0.6 is 0 Å². The Morgan fingerprint density at radius 1 is 1.33 bits per heavy atom. The third-order valence-electron chi connectivity index (χ3n) is 1.90. The highest BCUT2D eigenvalue weighted by Gasteiger charge is 2.00. The Labute approximate surface area is 90.2 Å². The third-order valence-corrected chi connectivity index (χ3v) is 1.90. The van der Waals surface area contributed by atoms with E-state index in [1.54, 1.807) is 13.0 Å². The molecule has 1 aromatic rings. The van der Waals surface area contributed by atoms with E-state index in [0.29, 0.717) is 5.57 Å². The molecule has 0 atom stereocenters. The zero-order valence-electron chi connectivity index (χ0n) is 9.32. The van der Waals surface area contributed by atoms with Gasteiger partial charge in [0.05, 0.1) is 0 Å². The first kappa shape index (κ1) is 13.4. The number of hydrogen-bond acceptors (Lipinski definition) is 2. The van der Waals surface area contributed by atoms with Gasteiger partial charge in [0.25, 0.3) is 0 Å². The monoisotopic (exact) mass is 207 g/mol. The van der Waals surface area contributed by atoms with Gasteiger partial charge in [-0.15, -0.1) is 0 Å². The van der Waals surface area contributed by atoms with Crippen LogP contribution in [0.1, 0.15) is 18.1 Å². The van der Waals surface area contributed by atoms with Gasteiger partial charge in [-0.1, -0.05) is 24.3 Å². The largest absolute Gasteiger partial charge is 0.478 e. The van der Waals surface area contributed by atoms with Gasteiger partial charge in [-0.25, -0.2) is 4.79 Å². The van der Waals surface area contributed by atoms with Crippen LogP contribution in [0.4, 0.5) is 0 Å². The van der Waals surface area contributed by atoms with Crippen LogP contribution in [0.25, 0.3) is 6.08 Å². The lowest BCUT2D eigenvalue weighted by Crippen LogP contribution is -1.95. The van der Waals surface area contributed by atoms with Crippen molar-refractivity contribution < 1.29 is 9.90 Å². The molecule has 0 unspecified atom stereocenters. The van der Waals surface area contributed by atoms with E-state index < -0.39 is 5.97 Å². The summed E-state index contributed by atoms with van der Waals surface area (Å²) in [4.78, 5) is 10.5. The molecule has 0 bridgehead atoms. The highest BCUT2D eigenvalue weighted by atomic mass is 16.4. The molecule has 0 radical (unpaired) electrons. The molecule has 0 fully saturated rings. The molecule has 0 amide bonds. The van der Waals surface area contributed by atoms with Gasteiger partial charge in [-0.3, -0.25) is 0 Å². The second-order valence-electron chi connectivity index (χ2n) is 2.99. The van der Waals surface area contributed by atoms with E-state index in [9.17, 15) is 4.79 Å². The molecule has 0 aromatic heterocycles. The lowest BCUT2D eigenvalue weighted by molar-refractivity contribution is -0.132. The minimum atomic E-state index is -0.872. The smallest absolute Gasteiger partial charge is 0.331 e. The number of carboxylic acids is 1. The molecular weight excluding hydrogens is 190 g/mol. The SMILES string of the molecule is C/C(=C\c1ccccc1C)C(=O)O.CN. The van der Waals surface area contributed by atoms with Crippen molar-refractivity contribution in [2.24, 2.45) is 5.73 Å². The summed E-state index contributed by atoms with van der Waals surface area (Å²) < 4.78 is 0. The summed E-state index contributed by atoms with van der Waals surface area (Å²) in [6.45, 7) is 3.55. The van der Waals surface area contributed by atoms with Crippen LogP contribution in [-0.2, 0) is 4.79 Å². The molecule has 0 saturated heterocycles. The van der Waals surface area contributed by atoms with E-state index in [4.69, 9.17) is 5.11 Å². The van der Waals surface area contributed by atoms with Crippen molar-refractivity contribution in [2.45, 2.75) is 13.8 Å². The summed E-state index contributed by atoms with van der Waals surface area (Å²) in [7, 11) is 1.50. The van der Waals surface area contributed by atoms with Gasteiger partial charge >= 0.3 is 5.97 Å². The molecule has 15 heavy (non-hydrogen) atoms. The number of benzene rings is 1. The summed E-state index contributed by atoms with van der Waals surface area (Å²) >= 11 is 0. The second-order valence-corrected chi connectivity index (χ2v) is 2.99. The Balaban J connectivity index is 0.000000921. The zero-order valence-corrected chi connectivity index (χ0v) is 9.32. The molecular formula is C12H17NO2. The first-order chi connectivity index (χ1) is 7.11. The number of aryl methyl sites for hydroxylation is 1. The molecule has 0 aliphatic heterocycles. The van der Waals surface area contributed by atoms with E-state index in [1.807, 2.05) is 31.2 Å². The maximum atomic E-state index is 10.5. The fourth-order valence-electron chi connectivity index (χ4n) is 1.04. The number of carboxylic acid groups (broad SMARTS) is 1. The molecule has 3 nitrogen and oxygen atoms in total. The topological polar surface area (TPSA) is 63.3 Å². The van der Waals surface area contributed by atoms with Crippen LogP contribution < -0.4 is 5.73 Å². The fraction of sp³-hybridized carbons (Fsp3) is 0.250. The van der Waals surface area contributed by atoms with Gasteiger partial charge in [-0.05, 0) is 38.1 Å². The summed E-state index contributed by atoms with van der Waals surface area (Å²) in [5.41, 5.74) is 6.90. The molecule has 0 aliphatic rings. The molecule has 3 N–H and O–H groups in total. The first-order valence-electron chi connectivity index (χ1n) is 4.66. The van der Waals surface area contributed by atoms with Crippen LogP contribution in [0.3, 0.4) is 0 Å². The standard InChI is InChI=1S/C11H12O2.CH5N/c1-8-5-3-4-6-10(8)7-9(2)11(12)13;1-2/h3-7H,1-2H3,(H,12,13);2H2,1H3/b9-7+;. The Morgan fingerprint density at radius 3 is 2.33 bits per heavy atom. The van der Waals surface area contributed by atoms with E-state index >= 15 is 0 Å². The molecule has 0 spiro atoms. The van der Waals surface area contributed by atoms with Gasteiger partial charge in [-0.2, -0.15) is 0 Å². The van der Waals surface area contributed by atoms with Crippen molar-refractivity contribution >= 4 is 12.0 Å². The lowest BCUT2D eigenvalue weighted by Gasteiger charge is -1.99. The zero-order chi connectivity index (χ0) is 11.8. The summed E-state index contributed by atoms with van der Waals surface area (Å²) in [6, 6.07) is 7.69. The molecule has 1 aromatic carbocycles. The van der Waals surface area contributed by atoms with Gasteiger partial charge in [0.2, 0.25) is 0 Å². The highest BCUT2D eigenvalue weighted by molar-refractivity contribution is 5.91. The Hall–Kier alpha value is -1.61. The van der Waals surface area contributed by atoms with Crippen molar-refractivity contribution in [1.82, 2.24) is 0 Å². The number of rotatable bonds is 2. The molecule has 3 heteroatoms. The summed E-state index contributed by atoms with van der Waals surface area (Å²) in [5.74, 6) is -0.872. The molecule has 0 saturated carbocycles. The lowest BCUT2D eigenvalue weighted by atomic mass is 10.1. The predicted molar refractivity (Wildman–Crippen MR) is 62.6 cm³/mol. The summed E-state index contributed by atoms with van der Waals surface area (Å²) in [6.07, 6.45) is 1.68. The van der Waals surface area contributed by atoms with E-state index in [-0.39, 0.29) is 0 Å². The average Bonchev–Trinajstić information content (AvgIpc) is 2.24. The minimum Gasteiger partial charge on any atom is -0.478 e. The summed E-state index contributed by atoms with van der Waals surface area (Å²) in [5, 5.41) is 8.67. The molecule has 82 valence electrons. The third kappa shape index (κ3) is 4.42. The number of carbonyl (C=O) groups is 1. The van der Waals surface area contributed by atoms with Crippen LogP contribution in [0, 0.1) is 6.92 Å². The highest BCUT2D eigenvalue weighted by Crippen LogP contribution is 2.11. The second kappa shape index (κ2) is 6.79. The Morgan fingerprint density at radius 2 is 1.87 bits per heavy atom. The maximum absolute atomic E-state index is 10.5. The predicted octanol–water partition coefficient (Wildman–Crippen LogP) is 2.06. The van der Waals surface area contributed by atoms with Crippen LogP contribution in [-0.4, -0.2) is 18.1 Å². The van der Waals surface area contributed by atoms with E-state index in [0.717, 1.165) is 11.1 Å². The molecule has 1 rings (SSSR count). The van der Waals surface area contributed by atoms with Gasteiger partial charge in [0.1, 0.15) is 0 Å². The van der Waals surface area contributed by atoms with E-state index in [1.165, 1.54) is 7.05 Å². The fourth-order valence-corrected chi connectivity index (χ4v) is 1.04. The number of hydrogen-bond donors (Lipinski definition) is 2. The average molecular weight is 207 g/mol. The van der Waals surface area contributed by atoms with Crippen LogP contribution in [0.5, 0.6) is 0 Å². The van der Waals surface area contributed by atoms with Crippen LogP contribution in [0.2, 0.25) is 0 Å². The Bertz CT molecular complexity index is 356. The molecule has 0 heterocycles. The minimum absolute atomic E-state index is 0.356. The van der Waals surface area contributed by atoms with Crippen molar-refractivity contribution in [2.75, 3.05) is 7.05 Å². The number of aliphatic carboxylic acids is 1. The van der Waals surface area contributed by atoms with Crippen molar-refractivity contribution in [3.05, 3.63) is 41.0 Å². The van der Waals surface area contributed by atoms with Gasteiger partial charge in [0, 0.05) is 5.57 Å². The van der Waals surface area contributed by atoms with Crippen molar-refractivity contribution in [3.8, 4) is 0 Å². The first-order valence-corrected chi connectivity index (χ1v) is 4.66. The quantitative estimate of drug-likeness (QED) is 0.729. The van der Waals surface area contributed by atoms with Crippen molar-refractivity contribution in [1.29, 1.82) is 0 Å². The van der Waals surface area contributed by atoms with Gasteiger partial charge in [0.15, 0.2) is 0 Å². The van der Waals surface area contributed by atoms with Crippen molar-refractivity contribution in [3.63, 3.8) is 0 Å². The van der Waals surface area contributed by atoms with Crippen LogP contribution in [0.15, 0.2) is 29.8 Å². The number of nitrogens with two attached hydrogens (primary N) is 1. The molecule has 0 aliphatic carbocycles. The Kier molecular flexibility index (Phi) is 6.06. The van der Waals surface area contributed by atoms with E-state index in [2.05, 4.69) is 5.73 Å². The maximum Gasteiger partial charge on any atom is 0.331 e. The van der Waals surface area contributed by atoms with Gasteiger partial charge < -0.3 is 10.8 Å².